The molecule has 4 aromatic carbocycles. The highest BCUT2D eigenvalue weighted by Crippen LogP contribution is 2.55. The highest BCUT2D eigenvalue weighted by atomic mass is 16.6. The van der Waals surface area contributed by atoms with E-state index >= 15 is 0 Å². The Labute approximate surface area is 421 Å². The van der Waals surface area contributed by atoms with E-state index < -0.39 is 24.0 Å². The van der Waals surface area contributed by atoms with E-state index in [2.05, 4.69) is 10.6 Å². The lowest BCUT2D eigenvalue weighted by Crippen LogP contribution is -2.53. The molecule has 72 heavy (non-hydrogen) atoms. The van der Waals surface area contributed by atoms with Gasteiger partial charge in [-0.3, -0.25) is 29.0 Å². The van der Waals surface area contributed by atoms with E-state index in [1.807, 2.05) is 146 Å². The molecule has 2 saturated heterocycles. The van der Waals surface area contributed by atoms with Gasteiger partial charge in [-0.1, -0.05) is 84.4 Å². The van der Waals surface area contributed by atoms with Crippen LogP contribution >= 0.6 is 0 Å². The number of ether oxygens (including phenoxy) is 4. The first kappa shape index (κ1) is 50.0. The summed E-state index contributed by atoms with van der Waals surface area (Å²) in [5.74, 6) is -2.17. The predicted molar refractivity (Wildman–Crippen MR) is 271 cm³/mol. The SMILES string of the molecule is CCOC(=O)N[C@@H]1CC[C@@H]2C(=C[C@H]3C(=O)O[C@H](C)[C@H]3[C@H]2C(=O)N(c2ccccc2)c2ccccc2)C1.CCOC(=O)N[C@@H]1CC[C@@H]2C(C1)C[C@H]1C(=O)O[C@H](C)[C@H]1[C@H]2C(=O)N(c1ccccc1)c1ccccc1. The molecule has 13 atom stereocenters. The van der Waals surface area contributed by atoms with Crippen LogP contribution in [0.2, 0.25) is 0 Å². The van der Waals surface area contributed by atoms with Crippen molar-refractivity contribution in [1.82, 2.24) is 10.6 Å². The molecule has 4 aliphatic carbocycles. The van der Waals surface area contributed by atoms with E-state index in [1.54, 1.807) is 18.7 Å². The number of hydrogen-bond donors (Lipinski definition) is 2. The molecule has 14 nitrogen and oxygen atoms in total. The second-order valence-electron chi connectivity index (χ2n) is 20.0. The molecule has 4 amide bonds. The fourth-order valence-electron chi connectivity index (χ4n) is 13.0. The molecule has 0 spiro atoms. The number of hydrogen-bond acceptors (Lipinski definition) is 10. The monoisotopic (exact) mass is 978 g/mol. The second kappa shape index (κ2) is 22.2. The molecule has 4 aromatic rings. The minimum atomic E-state index is -0.463. The highest BCUT2D eigenvalue weighted by molar-refractivity contribution is 6.04. The number of rotatable bonds is 10. The van der Waals surface area contributed by atoms with E-state index in [0.717, 1.165) is 60.4 Å². The highest BCUT2D eigenvalue weighted by Gasteiger charge is 2.59. The summed E-state index contributed by atoms with van der Waals surface area (Å²) in [5, 5.41) is 5.92. The Kier molecular flexibility index (Phi) is 15.4. The van der Waals surface area contributed by atoms with Crippen LogP contribution in [0.5, 0.6) is 0 Å². The maximum absolute atomic E-state index is 14.6. The van der Waals surface area contributed by atoms with E-state index in [1.165, 1.54) is 0 Å². The summed E-state index contributed by atoms with van der Waals surface area (Å²) in [4.78, 5) is 82.5. The molecule has 6 aliphatic rings. The van der Waals surface area contributed by atoms with Gasteiger partial charge in [0.15, 0.2) is 0 Å². The summed E-state index contributed by atoms with van der Waals surface area (Å²) in [5.41, 5.74) is 4.24. The Bertz CT molecular complexity index is 2520. The Morgan fingerprint density at radius 2 is 1.01 bits per heavy atom. The minimum absolute atomic E-state index is 0.0130. The largest absolute Gasteiger partial charge is 0.462 e. The number of esters is 2. The van der Waals surface area contributed by atoms with Crippen molar-refractivity contribution in [2.75, 3.05) is 23.0 Å². The third kappa shape index (κ3) is 10.4. The van der Waals surface area contributed by atoms with Crippen LogP contribution in [0.15, 0.2) is 133 Å². The molecule has 0 radical (unpaired) electrons. The van der Waals surface area contributed by atoms with Crippen molar-refractivity contribution in [3.05, 3.63) is 133 Å². The predicted octanol–water partition coefficient (Wildman–Crippen LogP) is 10.1. The smallest absolute Gasteiger partial charge is 0.407 e. The van der Waals surface area contributed by atoms with Gasteiger partial charge in [0, 0.05) is 52.6 Å². The molecule has 2 N–H and O–H groups in total. The lowest BCUT2D eigenvalue weighted by molar-refractivity contribution is -0.145. The molecule has 10 rings (SSSR count). The molecule has 0 bridgehead atoms. The normalized spacial score (nSPS) is 29.8. The quantitative estimate of drug-likeness (QED) is 0.0886. The van der Waals surface area contributed by atoms with Crippen LogP contribution in [0.25, 0.3) is 0 Å². The third-order valence-electron chi connectivity index (χ3n) is 15.9. The fraction of sp³-hybridized carbons (Fsp3) is 0.448. The van der Waals surface area contributed by atoms with Crippen molar-refractivity contribution < 1.29 is 47.7 Å². The lowest BCUT2D eigenvalue weighted by Gasteiger charge is -2.48. The van der Waals surface area contributed by atoms with Gasteiger partial charge in [0.05, 0.1) is 31.0 Å². The fourth-order valence-corrected chi connectivity index (χ4v) is 13.0. The molecular formula is C58H66N4O10. The van der Waals surface area contributed by atoms with E-state index in [-0.39, 0.29) is 89.5 Å². The zero-order valence-electron chi connectivity index (χ0n) is 41.5. The Morgan fingerprint density at radius 1 is 0.556 bits per heavy atom. The number of benzene rings is 4. The van der Waals surface area contributed by atoms with Crippen molar-refractivity contribution in [2.24, 2.45) is 53.3 Å². The number of alkyl carbamates (subject to hydrolysis) is 2. The molecular weight excluding hydrogens is 913 g/mol. The van der Waals surface area contributed by atoms with Crippen molar-refractivity contribution >= 4 is 58.7 Å². The van der Waals surface area contributed by atoms with E-state index in [9.17, 15) is 28.8 Å². The number of amides is 4. The molecule has 1 unspecified atom stereocenters. The number of nitrogens with one attached hydrogen (secondary N) is 2. The number of carbonyl (C=O) groups is 6. The van der Waals surface area contributed by atoms with E-state index in [0.29, 0.717) is 26.1 Å². The van der Waals surface area contributed by atoms with Crippen LogP contribution < -0.4 is 20.4 Å². The first-order valence-corrected chi connectivity index (χ1v) is 25.8. The number of para-hydroxylation sites is 4. The van der Waals surface area contributed by atoms with Crippen molar-refractivity contribution in [2.45, 2.75) is 96.9 Å². The maximum atomic E-state index is 14.6. The first-order valence-electron chi connectivity index (χ1n) is 25.8. The second-order valence-corrected chi connectivity index (χ2v) is 20.0. The van der Waals surface area contributed by atoms with Crippen LogP contribution in [-0.4, -0.2) is 73.4 Å². The van der Waals surface area contributed by atoms with E-state index in [4.69, 9.17) is 18.9 Å². The Balaban J connectivity index is 0.000000178. The maximum Gasteiger partial charge on any atom is 0.407 e. The van der Waals surface area contributed by atoms with Gasteiger partial charge in [0.1, 0.15) is 12.2 Å². The summed E-state index contributed by atoms with van der Waals surface area (Å²) in [6.07, 6.45) is 5.59. The van der Waals surface area contributed by atoms with Gasteiger partial charge in [-0.05, 0) is 139 Å². The zero-order valence-corrected chi connectivity index (χ0v) is 41.5. The van der Waals surface area contributed by atoms with Gasteiger partial charge >= 0.3 is 24.1 Å². The van der Waals surface area contributed by atoms with Crippen LogP contribution in [0.4, 0.5) is 32.3 Å². The summed E-state index contributed by atoms with van der Waals surface area (Å²) in [6, 6.07) is 38.6. The summed E-state index contributed by atoms with van der Waals surface area (Å²) < 4.78 is 21.5. The third-order valence-corrected chi connectivity index (χ3v) is 15.9. The van der Waals surface area contributed by atoms with Crippen LogP contribution in [0.1, 0.15) is 72.6 Å². The van der Waals surface area contributed by atoms with Crippen molar-refractivity contribution in [3.8, 4) is 0 Å². The number of fused-ring (bicyclic) bond motifs is 4. The van der Waals surface area contributed by atoms with Gasteiger partial charge in [-0.15, -0.1) is 0 Å². The number of carbonyl (C=O) groups excluding carboxylic acids is 6. The number of anilines is 4. The lowest BCUT2D eigenvalue weighted by atomic mass is 9.56. The molecule has 14 heteroatoms. The van der Waals surface area contributed by atoms with Gasteiger partial charge in [-0.2, -0.15) is 0 Å². The average Bonchev–Trinajstić information content (AvgIpc) is 3.83. The van der Waals surface area contributed by atoms with Crippen molar-refractivity contribution in [1.29, 1.82) is 0 Å². The number of nitrogens with zero attached hydrogens (tertiary/aromatic N) is 2. The van der Waals surface area contributed by atoms with Gasteiger partial charge in [-0.25, -0.2) is 9.59 Å². The first-order chi connectivity index (χ1) is 34.9. The molecule has 2 aliphatic heterocycles. The molecule has 378 valence electrons. The van der Waals surface area contributed by atoms with Gasteiger partial charge < -0.3 is 29.6 Å². The standard InChI is InChI=1S/C29H34N2O5.C29H32N2O5/c2*1-3-35-29(34)30-20-14-15-23-19(16-20)17-24-25(18(2)36-28(24)33)26(23)27(32)31(21-10-6-4-7-11-21)22-12-8-5-9-13-22/h4-13,18-20,23-26H,3,14-17H2,1-2H3,(H,30,34);4-13,17-18,20,23-26H,3,14-16H2,1-2H3,(H,30,34)/t18-,19?,20-,23-,24-,25-,26+;18-,20-,23-,24-,25-,26+/m11/s1. The van der Waals surface area contributed by atoms with Crippen LogP contribution in [0, 0.1) is 53.3 Å². The Hall–Kier alpha value is -6.96. The minimum Gasteiger partial charge on any atom is -0.462 e. The van der Waals surface area contributed by atoms with Gasteiger partial charge in [0.25, 0.3) is 0 Å². The molecule has 0 aromatic heterocycles. The van der Waals surface area contributed by atoms with Crippen LogP contribution in [0.3, 0.4) is 0 Å². The summed E-state index contributed by atoms with van der Waals surface area (Å²) in [7, 11) is 0. The van der Waals surface area contributed by atoms with Gasteiger partial charge in [0.2, 0.25) is 11.8 Å². The Morgan fingerprint density at radius 3 is 1.53 bits per heavy atom. The molecule has 3 saturated carbocycles. The topological polar surface area (TPSA) is 170 Å². The van der Waals surface area contributed by atoms with Crippen molar-refractivity contribution in [3.63, 3.8) is 0 Å². The molecule has 2 heterocycles. The number of cyclic esters (lactones) is 2. The molecule has 5 fully saturated rings. The average molecular weight is 979 g/mol. The zero-order chi connectivity index (χ0) is 50.5. The van der Waals surface area contributed by atoms with Crippen LogP contribution in [-0.2, 0) is 38.1 Å². The summed E-state index contributed by atoms with van der Waals surface area (Å²) in [6.45, 7) is 8.00. The summed E-state index contributed by atoms with van der Waals surface area (Å²) >= 11 is 0.